The van der Waals surface area contributed by atoms with Crippen molar-refractivity contribution in [2.45, 2.75) is 20.3 Å². The van der Waals surface area contributed by atoms with E-state index in [1.807, 2.05) is 12.3 Å². The Balaban J connectivity index is 3.14. The molecule has 0 saturated heterocycles. The summed E-state index contributed by atoms with van der Waals surface area (Å²) in [5, 5.41) is 0. The second-order valence-electron chi connectivity index (χ2n) is 2.94. The van der Waals surface area contributed by atoms with E-state index in [-0.39, 0.29) is 0 Å². The van der Waals surface area contributed by atoms with Crippen LogP contribution in [-0.2, 0) is 0 Å². The third kappa shape index (κ3) is 2.28. The maximum atomic E-state index is 4.24. The maximum absolute atomic E-state index is 4.24. The zero-order valence-corrected chi connectivity index (χ0v) is 8.25. The highest BCUT2D eigenvalue weighted by atomic mass is 14.7. The average molecular weight is 173 g/mol. The Morgan fingerprint density at radius 3 is 2.92 bits per heavy atom. The van der Waals surface area contributed by atoms with E-state index in [1.165, 1.54) is 11.1 Å². The van der Waals surface area contributed by atoms with Gasteiger partial charge in [-0.05, 0) is 31.1 Å². The molecule has 0 fully saturated rings. The minimum Gasteiger partial charge on any atom is -0.256 e. The van der Waals surface area contributed by atoms with Gasteiger partial charge in [-0.2, -0.15) is 0 Å². The van der Waals surface area contributed by atoms with Crippen molar-refractivity contribution in [3.05, 3.63) is 41.7 Å². The monoisotopic (exact) mass is 173 g/mol. The molecule has 1 heterocycles. The highest BCUT2D eigenvalue weighted by molar-refractivity contribution is 5.64. The van der Waals surface area contributed by atoms with Crippen molar-refractivity contribution >= 4 is 12.2 Å². The van der Waals surface area contributed by atoms with E-state index >= 15 is 0 Å². The molecule has 0 saturated carbocycles. The molecule has 0 aromatic carbocycles. The summed E-state index contributed by atoms with van der Waals surface area (Å²) in [4.78, 5) is 4.24. The van der Waals surface area contributed by atoms with Crippen molar-refractivity contribution in [2.75, 3.05) is 0 Å². The first kappa shape index (κ1) is 9.72. The van der Waals surface area contributed by atoms with Crippen LogP contribution in [0.4, 0.5) is 0 Å². The highest BCUT2D eigenvalue weighted by Gasteiger charge is 1.98. The van der Waals surface area contributed by atoms with E-state index in [0.717, 1.165) is 12.1 Å². The van der Waals surface area contributed by atoms with Gasteiger partial charge in [0.15, 0.2) is 0 Å². The van der Waals surface area contributed by atoms with Crippen LogP contribution < -0.4 is 0 Å². The fraction of sp³-hybridized carbons (Fsp3) is 0.250. The molecule has 68 valence electrons. The van der Waals surface area contributed by atoms with Gasteiger partial charge in [0.2, 0.25) is 0 Å². The van der Waals surface area contributed by atoms with E-state index in [4.69, 9.17) is 0 Å². The Hall–Kier alpha value is -1.37. The van der Waals surface area contributed by atoms with Crippen LogP contribution >= 0.6 is 0 Å². The minimum atomic E-state index is 0.963. The molecule has 1 heteroatoms. The first-order valence-electron chi connectivity index (χ1n) is 4.54. The number of pyridine rings is 1. The molecule has 1 nitrogen and oxygen atoms in total. The lowest BCUT2D eigenvalue weighted by molar-refractivity contribution is 1.22. The molecule has 0 aliphatic carbocycles. The molecule has 0 N–H and O–H groups in total. The fourth-order valence-electron chi connectivity index (χ4n) is 1.21. The summed E-state index contributed by atoms with van der Waals surface area (Å²) >= 11 is 0. The molecule has 0 unspecified atom stereocenters. The Morgan fingerprint density at radius 2 is 2.31 bits per heavy atom. The number of allylic oxidation sites excluding steroid dienone is 1. The van der Waals surface area contributed by atoms with Crippen molar-refractivity contribution in [3.63, 3.8) is 0 Å². The van der Waals surface area contributed by atoms with Crippen LogP contribution in [0.1, 0.15) is 30.2 Å². The molecule has 0 aliphatic rings. The lowest BCUT2D eigenvalue weighted by Gasteiger charge is -2.03. The molecule has 0 bridgehead atoms. The van der Waals surface area contributed by atoms with Crippen LogP contribution in [-0.4, -0.2) is 4.98 Å². The van der Waals surface area contributed by atoms with Crippen molar-refractivity contribution in [2.24, 2.45) is 0 Å². The zero-order valence-electron chi connectivity index (χ0n) is 8.25. The van der Waals surface area contributed by atoms with Gasteiger partial charge in [0, 0.05) is 11.8 Å². The van der Waals surface area contributed by atoms with Gasteiger partial charge in [0.05, 0.1) is 5.69 Å². The topological polar surface area (TPSA) is 12.9 Å². The SMILES string of the molecule is C=Cc1nccc(C)c1/C=C\CC. The van der Waals surface area contributed by atoms with Gasteiger partial charge in [-0.3, -0.25) is 4.98 Å². The Morgan fingerprint density at radius 1 is 1.54 bits per heavy atom. The lowest BCUT2D eigenvalue weighted by atomic mass is 10.1. The van der Waals surface area contributed by atoms with Crippen LogP contribution in [0.15, 0.2) is 24.9 Å². The van der Waals surface area contributed by atoms with E-state index < -0.39 is 0 Å². The lowest BCUT2D eigenvalue weighted by Crippen LogP contribution is -1.89. The van der Waals surface area contributed by atoms with E-state index in [2.05, 4.69) is 37.6 Å². The van der Waals surface area contributed by atoms with Crippen LogP contribution in [0.5, 0.6) is 0 Å². The molecule has 0 aliphatic heterocycles. The quantitative estimate of drug-likeness (QED) is 0.682. The molecule has 1 rings (SSSR count). The number of rotatable bonds is 3. The normalized spacial score (nSPS) is 10.6. The summed E-state index contributed by atoms with van der Waals surface area (Å²) in [6.45, 7) is 7.95. The van der Waals surface area contributed by atoms with E-state index in [9.17, 15) is 0 Å². The van der Waals surface area contributed by atoms with Gasteiger partial charge in [0.1, 0.15) is 0 Å². The number of nitrogens with zero attached hydrogens (tertiary/aromatic N) is 1. The molecule has 1 aromatic heterocycles. The highest BCUT2D eigenvalue weighted by Crippen LogP contribution is 2.14. The van der Waals surface area contributed by atoms with Gasteiger partial charge < -0.3 is 0 Å². The summed E-state index contributed by atoms with van der Waals surface area (Å²) in [6, 6.07) is 2.02. The summed E-state index contributed by atoms with van der Waals surface area (Å²) < 4.78 is 0. The Bertz CT molecular complexity index is 324. The fourth-order valence-corrected chi connectivity index (χ4v) is 1.21. The predicted octanol–water partition coefficient (Wildman–Crippen LogP) is 3.46. The number of hydrogen-bond donors (Lipinski definition) is 0. The predicted molar refractivity (Wildman–Crippen MR) is 58.4 cm³/mol. The third-order valence-electron chi connectivity index (χ3n) is 1.95. The summed E-state index contributed by atoms with van der Waals surface area (Å²) in [5.41, 5.74) is 3.39. The smallest absolute Gasteiger partial charge is 0.0698 e. The summed E-state index contributed by atoms with van der Waals surface area (Å²) in [6.07, 6.45) is 8.90. The average Bonchev–Trinajstić information content (AvgIpc) is 2.15. The largest absolute Gasteiger partial charge is 0.256 e. The maximum Gasteiger partial charge on any atom is 0.0698 e. The van der Waals surface area contributed by atoms with E-state index in [1.54, 1.807) is 6.08 Å². The Kier molecular flexibility index (Phi) is 3.44. The number of hydrogen-bond acceptors (Lipinski definition) is 1. The number of aromatic nitrogens is 1. The zero-order chi connectivity index (χ0) is 9.68. The van der Waals surface area contributed by atoms with Crippen LogP contribution in [0.25, 0.3) is 12.2 Å². The van der Waals surface area contributed by atoms with Crippen molar-refractivity contribution < 1.29 is 0 Å². The molecule has 13 heavy (non-hydrogen) atoms. The molecule has 0 atom stereocenters. The summed E-state index contributed by atoms with van der Waals surface area (Å²) in [5.74, 6) is 0. The van der Waals surface area contributed by atoms with Crippen molar-refractivity contribution in [1.82, 2.24) is 4.98 Å². The molecular formula is C12H15N. The molecule has 0 amide bonds. The van der Waals surface area contributed by atoms with Gasteiger partial charge >= 0.3 is 0 Å². The molecule has 1 aromatic rings. The first-order valence-corrected chi connectivity index (χ1v) is 4.54. The van der Waals surface area contributed by atoms with Gasteiger partial charge in [-0.1, -0.05) is 25.7 Å². The summed E-state index contributed by atoms with van der Waals surface area (Å²) in [7, 11) is 0. The molecular weight excluding hydrogens is 158 g/mol. The number of aryl methyl sites for hydroxylation is 1. The van der Waals surface area contributed by atoms with Crippen molar-refractivity contribution in [3.8, 4) is 0 Å². The standard InChI is InChI=1S/C12H15N/c1-4-6-7-11-10(3)8-9-13-12(11)5-2/h5-9H,2,4H2,1,3H3/b7-6-. The second kappa shape index (κ2) is 4.61. The minimum absolute atomic E-state index is 0.963. The second-order valence-corrected chi connectivity index (χ2v) is 2.94. The third-order valence-corrected chi connectivity index (χ3v) is 1.95. The van der Waals surface area contributed by atoms with E-state index in [0.29, 0.717) is 0 Å². The van der Waals surface area contributed by atoms with Gasteiger partial charge in [0.25, 0.3) is 0 Å². The molecule has 0 spiro atoms. The molecule has 0 radical (unpaired) electrons. The first-order chi connectivity index (χ1) is 6.29. The Labute approximate surface area is 79.8 Å². The van der Waals surface area contributed by atoms with Crippen LogP contribution in [0.2, 0.25) is 0 Å². The van der Waals surface area contributed by atoms with Crippen molar-refractivity contribution in [1.29, 1.82) is 0 Å². The van der Waals surface area contributed by atoms with Crippen LogP contribution in [0, 0.1) is 6.92 Å². The van der Waals surface area contributed by atoms with Gasteiger partial charge in [-0.15, -0.1) is 0 Å². The van der Waals surface area contributed by atoms with Crippen LogP contribution in [0.3, 0.4) is 0 Å². The van der Waals surface area contributed by atoms with Gasteiger partial charge in [-0.25, -0.2) is 0 Å².